The number of rotatable bonds is 5. The summed E-state index contributed by atoms with van der Waals surface area (Å²) < 4.78 is 9.61. The van der Waals surface area contributed by atoms with Crippen LogP contribution in [0.25, 0.3) is 82.1 Å². The summed E-state index contributed by atoms with van der Waals surface area (Å²) in [6.07, 6.45) is -0.187. The van der Waals surface area contributed by atoms with Gasteiger partial charge in [0.25, 0.3) is 0 Å². The molecule has 0 bridgehead atoms. The molecule has 1 aliphatic rings. The molecule has 11 aromatic rings. The zero-order chi connectivity index (χ0) is 36.7. The molecule has 0 saturated carbocycles. The Bertz CT molecular complexity index is 3270. The number of amidine groups is 1. The van der Waals surface area contributed by atoms with Gasteiger partial charge in [0.1, 0.15) is 11.4 Å². The number of fused-ring (bicyclic) bond motifs is 10. The highest BCUT2D eigenvalue weighted by Crippen LogP contribution is 2.48. The Morgan fingerprint density at radius 1 is 0.429 bits per heavy atom. The van der Waals surface area contributed by atoms with E-state index in [2.05, 4.69) is 204 Å². The van der Waals surface area contributed by atoms with Crippen molar-refractivity contribution in [1.29, 1.82) is 0 Å². The van der Waals surface area contributed by atoms with Crippen LogP contribution in [0.1, 0.15) is 17.3 Å². The predicted octanol–water partition coefficient (Wildman–Crippen LogP) is 13.6. The average Bonchev–Trinajstić information content (AvgIpc) is 3.81. The van der Waals surface area contributed by atoms with Gasteiger partial charge in [-0.1, -0.05) is 164 Å². The second-order valence-corrected chi connectivity index (χ2v) is 14.7. The molecule has 3 heterocycles. The normalized spacial score (nSPS) is 14.3. The summed E-state index contributed by atoms with van der Waals surface area (Å²) in [4.78, 5) is 7.68. The van der Waals surface area contributed by atoms with E-state index in [1.54, 1.807) is 0 Å². The Morgan fingerprint density at radius 2 is 1.00 bits per heavy atom. The van der Waals surface area contributed by atoms with Crippen LogP contribution in [0.15, 0.2) is 204 Å². The Balaban J connectivity index is 1.18. The van der Waals surface area contributed by atoms with E-state index in [0.29, 0.717) is 0 Å². The first-order chi connectivity index (χ1) is 27.8. The molecule has 4 nitrogen and oxygen atoms in total. The van der Waals surface area contributed by atoms with E-state index in [1.807, 2.05) is 0 Å². The Kier molecular flexibility index (Phi) is 6.66. The van der Waals surface area contributed by atoms with Gasteiger partial charge in [-0.2, -0.15) is 0 Å². The highest BCUT2D eigenvalue weighted by atomic mass is 16.3. The molecule has 2 aromatic heterocycles. The number of furan rings is 1. The molecule has 9 aromatic carbocycles. The first-order valence-corrected chi connectivity index (χ1v) is 19.2. The molecule has 0 spiro atoms. The molecule has 0 fully saturated rings. The van der Waals surface area contributed by atoms with Gasteiger partial charge in [0.05, 0.1) is 27.8 Å². The van der Waals surface area contributed by atoms with Crippen molar-refractivity contribution in [2.75, 3.05) is 4.90 Å². The molecule has 262 valence electrons. The number of aromatic nitrogens is 1. The maximum atomic E-state index is 7.20. The van der Waals surface area contributed by atoms with Crippen molar-refractivity contribution in [3.8, 4) is 16.8 Å². The van der Waals surface area contributed by atoms with Gasteiger partial charge >= 0.3 is 0 Å². The van der Waals surface area contributed by atoms with Crippen LogP contribution in [0.2, 0.25) is 0 Å². The van der Waals surface area contributed by atoms with Crippen molar-refractivity contribution in [3.05, 3.63) is 205 Å². The Morgan fingerprint density at radius 3 is 1.66 bits per heavy atom. The highest BCUT2D eigenvalue weighted by molar-refractivity contribution is 6.29. The number of hydrogen-bond donors (Lipinski definition) is 0. The standard InChI is InChI=1S/C52H33N3O/c1-4-15-33(16-5-1)38-31-45(55-51(36-19-6-2-7-20-36)53-52(55)37-21-8-3-9-22-37)47-41-25-14-26-44(50(41)56-46(47)32-38)54-42-29-27-34-17-10-12-23-39(34)48(42)49-40-24-13-11-18-35(40)28-30-43(49)54/h1-32,51H. The number of nitrogens with zero attached hydrogens (tertiary/aromatic N) is 3. The van der Waals surface area contributed by atoms with Crippen LogP contribution in [-0.4, -0.2) is 10.4 Å². The first kappa shape index (κ1) is 31.0. The van der Waals surface area contributed by atoms with Gasteiger partial charge in [-0.05, 0) is 68.6 Å². The van der Waals surface area contributed by atoms with Gasteiger partial charge in [-0.3, -0.25) is 4.90 Å². The summed E-state index contributed by atoms with van der Waals surface area (Å²) in [5.41, 5.74) is 10.5. The van der Waals surface area contributed by atoms with Crippen molar-refractivity contribution in [2.24, 2.45) is 4.99 Å². The Hall–Kier alpha value is -7.43. The average molecular weight is 716 g/mol. The van der Waals surface area contributed by atoms with E-state index in [1.165, 1.54) is 32.3 Å². The van der Waals surface area contributed by atoms with Gasteiger partial charge in [-0.25, -0.2) is 4.99 Å². The third-order valence-corrected chi connectivity index (χ3v) is 11.6. The SMILES string of the molecule is c1ccc(C2=NC(c3ccccc3)N2c2cc(-c3ccccc3)cc3oc4c(-n5c6ccc7ccccc7c6c6c7ccccc7ccc65)cccc4c23)cc1. The van der Waals surface area contributed by atoms with E-state index < -0.39 is 0 Å². The van der Waals surface area contributed by atoms with Crippen molar-refractivity contribution >= 4 is 76.8 Å². The monoisotopic (exact) mass is 715 g/mol. The lowest BCUT2D eigenvalue weighted by molar-refractivity contribution is 0.665. The van der Waals surface area contributed by atoms with E-state index in [4.69, 9.17) is 9.41 Å². The number of para-hydroxylation sites is 1. The van der Waals surface area contributed by atoms with Crippen molar-refractivity contribution in [1.82, 2.24) is 4.57 Å². The summed E-state index contributed by atoms with van der Waals surface area (Å²) in [5, 5.41) is 9.59. The minimum Gasteiger partial charge on any atom is -0.454 e. The molecule has 0 saturated heterocycles. The summed E-state index contributed by atoms with van der Waals surface area (Å²) in [5.74, 6) is 0.942. The van der Waals surface area contributed by atoms with Crippen LogP contribution in [0.3, 0.4) is 0 Å². The molecule has 0 N–H and O–H groups in total. The zero-order valence-electron chi connectivity index (χ0n) is 30.3. The first-order valence-electron chi connectivity index (χ1n) is 19.2. The van der Waals surface area contributed by atoms with E-state index in [0.717, 1.165) is 72.4 Å². The van der Waals surface area contributed by atoms with Crippen LogP contribution in [0.4, 0.5) is 5.69 Å². The molecular formula is C52H33N3O. The molecule has 12 rings (SSSR count). The maximum Gasteiger partial charge on any atom is 0.159 e. The summed E-state index contributed by atoms with van der Waals surface area (Å²) in [6, 6.07) is 69.3. The van der Waals surface area contributed by atoms with Crippen molar-refractivity contribution in [2.45, 2.75) is 6.17 Å². The van der Waals surface area contributed by atoms with Gasteiger partial charge in [0, 0.05) is 21.7 Å². The second-order valence-electron chi connectivity index (χ2n) is 14.7. The molecule has 0 aliphatic carbocycles. The summed E-state index contributed by atoms with van der Waals surface area (Å²) >= 11 is 0. The molecule has 0 amide bonds. The van der Waals surface area contributed by atoms with E-state index >= 15 is 0 Å². The topological polar surface area (TPSA) is 33.7 Å². The van der Waals surface area contributed by atoms with E-state index in [9.17, 15) is 0 Å². The largest absolute Gasteiger partial charge is 0.454 e. The van der Waals surface area contributed by atoms with Crippen LogP contribution in [0, 0.1) is 0 Å². The van der Waals surface area contributed by atoms with Crippen LogP contribution in [-0.2, 0) is 0 Å². The molecule has 0 radical (unpaired) electrons. The fourth-order valence-electron chi connectivity index (χ4n) is 9.05. The van der Waals surface area contributed by atoms with Gasteiger partial charge in [0.15, 0.2) is 11.7 Å². The third kappa shape index (κ3) is 4.50. The lowest BCUT2D eigenvalue weighted by Crippen LogP contribution is -2.43. The highest BCUT2D eigenvalue weighted by Gasteiger charge is 2.36. The van der Waals surface area contributed by atoms with E-state index in [-0.39, 0.29) is 6.17 Å². The van der Waals surface area contributed by atoms with Crippen molar-refractivity contribution < 1.29 is 4.42 Å². The number of aliphatic imine (C=N–C) groups is 1. The minimum absolute atomic E-state index is 0.187. The molecule has 1 atom stereocenters. The molecule has 56 heavy (non-hydrogen) atoms. The second kappa shape index (κ2) is 12.0. The summed E-state index contributed by atoms with van der Waals surface area (Å²) in [7, 11) is 0. The van der Waals surface area contributed by atoms with Crippen molar-refractivity contribution in [3.63, 3.8) is 0 Å². The molecule has 4 heteroatoms. The molecule has 1 unspecified atom stereocenters. The van der Waals surface area contributed by atoms with Crippen LogP contribution >= 0.6 is 0 Å². The molecule has 1 aliphatic heterocycles. The number of hydrogen-bond acceptors (Lipinski definition) is 3. The fraction of sp³-hybridized carbons (Fsp3) is 0.0192. The smallest absolute Gasteiger partial charge is 0.159 e. The lowest BCUT2D eigenvalue weighted by atomic mass is 9.98. The minimum atomic E-state index is -0.187. The fourth-order valence-corrected chi connectivity index (χ4v) is 9.05. The zero-order valence-corrected chi connectivity index (χ0v) is 30.3. The lowest BCUT2D eigenvalue weighted by Gasteiger charge is -2.41. The number of benzene rings is 9. The van der Waals surface area contributed by atoms with Gasteiger partial charge < -0.3 is 8.98 Å². The van der Waals surface area contributed by atoms with Crippen LogP contribution < -0.4 is 4.90 Å². The van der Waals surface area contributed by atoms with Gasteiger partial charge in [0.2, 0.25) is 0 Å². The van der Waals surface area contributed by atoms with Gasteiger partial charge in [-0.15, -0.1) is 0 Å². The quantitative estimate of drug-likeness (QED) is 0.178. The van der Waals surface area contributed by atoms with Crippen LogP contribution in [0.5, 0.6) is 0 Å². The predicted molar refractivity (Wildman–Crippen MR) is 233 cm³/mol. The maximum absolute atomic E-state index is 7.20. The number of anilines is 1. The summed E-state index contributed by atoms with van der Waals surface area (Å²) in [6.45, 7) is 0. The third-order valence-electron chi connectivity index (χ3n) is 11.6. The Labute approximate surface area is 322 Å². The molecular weight excluding hydrogens is 683 g/mol.